The van der Waals surface area contributed by atoms with E-state index in [1.54, 1.807) is 6.20 Å². The summed E-state index contributed by atoms with van der Waals surface area (Å²) < 4.78 is 2.02. The Hall–Kier alpha value is -1.95. The Morgan fingerprint density at radius 3 is 2.54 bits per heavy atom. The molecule has 3 heterocycles. The van der Waals surface area contributed by atoms with Crippen LogP contribution in [0.4, 0.5) is 11.5 Å². The third-order valence-corrected chi connectivity index (χ3v) is 4.79. The normalized spacial score (nSPS) is 14.6. The van der Waals surface area contributed by atoms with Gasteiger partial charge >= 0.3 is 0 Å². The zero-order valence-electron chi connectivity index (χ0n) is 15.5. The Morgan fingerprint density at radius 1 is 1.23 bits per heavy atom. The van der Waals surface area contributed by atoms with E-state index in [2.05, 4.69) is 29.0 Å². The van der Waals surface area contributed by atoms with Crippen LogP contribution in [0.15, 0.2) is 42.9 Å². The first-order valence-electron chi connectivity index (χ1n) is 9.07. The van der Waals surface area contributed by atoms with Crippen LogP contribution in [0.5, 0.6) is 0 Å². The number of carbonyl (C=O) groups excluding carboxylic acids is 1. The molecule has 0 aliphatic carbocycles. The fourth-order valence-corrected chi connectivity index (χ4v) is 3.02. The number of rotatable bonds is 5. The highest BCUT2D eigenvalue weighted by Gasteiger charge is 2.16. The maximum Gasteiger partial charge on any atom is 0.230 e. The third-order valence-electron chi connectivity index (χ3n) is 4.79. The predicted molar refractivity (Wildman–Crippen MR) is 99.5 cm³/mol. The average Bonchev–Trinajstić information content (AvgIpc) is 2.63. The predicted octanol–water partition coefficient (Wildman–Crippen LogP) is -0.0534. The number of hydrogen-bond acceptors (Lipinski definition) is 3. The molecule has 0 bridgehead atoms. The summed E-state index contributed by atoms with van der Waals surface area (Å²) in [6.45, 7) is 7.15. The van der Waals surface area contributed by atoms with Crippen molar-refractivity contribution >= 4 is 17.4 Å². The summed E-state index contributed by atoms with van der Waals surface area (Å²) in [4.78, 5) is 18.9. The molecule has 0 aromatic carbocycles. The van der Waals surface area contributed by atoms with Gasteiger partial charge in [0, 0.05) is 25.2 Å². The molecule has 1 saturated heterocycles. The number of hydrogen-bond donors (Lipinski definition) is 1. The van der Waals surface area contributed by atoms with E-state index < -0.39 is 0 Å². The second-order valence-electron chi connectivity index (χ2n) is 6.99. The van der Waals surface area contributed by atoms with Gasteiger partial charge in [-0.1, -0.05) is 6.92 Å². The topological polar surface area (TPSA) is 49.1 Å². The van der Waals surface area contributed by atoms with E-state index in [1.807, 2.05) is 41.2 Å². The van der Waals surface area contributed by atoms with E-state index in [1.165, 1.54) is 18.4 Å². The Labute approximate surface area is 166 Å². The number of nitrogens with one attached hydrogen (secondary N) is 1. The number of aryl methyl sites for hydroxylation is 2. The quantitative estimate of drug-likeness (QED) is 0.692. The minimum Gasteiger partial charge on any atom is -1.00 e. The second-order valence-corrected chi connectivity index (χ2v) is 6.99. The molecule has 26 heavy (non-hydrogen) atoms. The molecule has 140 valence electrons. The van der Waals surface area contributed by atoms with Crippen LogP contribution >= 0.6 is 0 Å². The molecule has 0 atom stereocenters. The Morgan fingerprint density at radius 2 is 1.92 bits per heavy atom. The van der Waals surface area contributed by atoms with Gasteiger partial charge < -0.3 is 27.2 Å². The van der Waals surface area contributed by atoms with Gasteiger partial charge in [0.05, 0.1) is 18.3 Å². The highest BCUT2D eigenvalue weighted by molar-refractivity contribution is 5.90. The Bertz CT molecular complexity index is 695. The molecule has 0 spiro atoms. The van der Waals surface area contributed by atoms with E-state index in [9.17, 15) is 4.79 Å². The molecule has 5 nitrogen and oxygen atoms in total. The largest absolute Gasteiger partial charge is 1.00 e. The molecule has 3 rings (SSSR count). The van der Waals surface area contributed by atoms with Crippen molar-refractivity contribution in [2.75, 3.05) is 23.3 Å². The number of pyridine rings is 2. The molecule has 0 saturated carbocycles. The summed E-state index contributed by atoms with van der Waals surface area (Å²) in [6.07, 6.45) is 8.63. The van der Waals surface area contributed by atoms with E-state index in [4.69, 9.17) is 0 Å². The van der Waals surface area contributed by atoms with Crippen LogP contribution in [0.2, 0.25) is 0 Å². The summed E-state index contributed by atoms with van der Waals surface area (Å²) in [5.41, 5.74) is 1.98. The Balaban J connectivity index is 0.00000243. The zero-order chi connectivity index (χ0) is 17.6. The molecule has 0 unspecified atom stereocenters. The van der Waals surface area contributed by atoms with Crippen LogP contribution in [-0.4, -0.2) is 24.0 Å². The summed E-state index contributed by atoms with van der Waals surface area (Å²) >= 11 is 0. The highest BCUT2D eigenvalue weighted by Crippen LogP contribution is 2.22. The maximum absolute atomic E-state index is 12.1. The van der Waals surface area contributed by atoms with Crippen LogP contribution in [0.3, 0.4) is 0 Å². The van der Waals surface area contributed by atoms with Gasteiger partial charge in [0.2, 0.25) is 5.91 Å². The lowest BCUT2D eigenvalue weighted by molar-refractivity contribution is -0.695. The van der Waals surface area contributed by atoms with Gasteiger partial charge in [-0.2, -0.15) is 0 Å². The van der Waals surface area contributed by atoms with Gasteiger partial charge in [-0.15, -0.1) is 0 Å². The van der Waals surface area contributed by atoms with Crippen molar-refractivity contribution in [1.82, 2.24) is 4.98 Å². The molecule has 1 amide bonds. The first kappa shape index (κ1) is 20.4. The summed E-state index contributed by atoms with van der Waals surface area (Å²) in [7, 11) is 0. The van der Waals surface area contributed by atoms with Gasteiger partial charge in [-0.25, -0.2) is 9.55 Å². The lowest BCUT2D eigenvalue weighted by Gasteiger charge is -2.31. The molecule has 1 aliphatic heterocycles. The summed E-state index contributed by atoms with van der Waals surface area (Å²) in [5.74, 6) is 1.82. The number of halogens is 1. The molecule has 6 heteroatoms. The third kappa shape index (κ3) is 5.80. The molecule has 2 aromatic heterocycles. The van der Waals surface area contributed by atoms with Crippen LogP contribution in [0.25, 0.3) is 0 Å². The van der Waals surface area contributed by atoms with E-state index >= 15 is 0 Å². The SMILES string of the molecule is Cc1cc[n+](CCC(=O)Nc2ccc(N3CCC(C)CC3)nc2)cc1.[Br-]. The van der Waals surface area contributed by atoms with Crippen LogP contribution in [0, 0.1) is 12.8 Å². The fraction of sp³-hybridized carbons (Fsp3) is 0.450. The van der Waals surface area contributed by atoms with Crippen LogP contribution in [0.1, 0.15) is 31.7 Å². The number of anilines is 2. The first-order valence-corrected chi connectivity index (χ1v) is 9.07. The number of nitrogens with zero attached hydrogens (tertiary/aromatic N) is 3. The smallest absolute Gasteiger partial charge is 0.230 e. The maximum atomic E-state index is 12.1. The molecule has 1 N–H and O–H groups in total. The van der Waals surface area contributed by atoms with Crippen molar-refractivity contribution in [1.29, 1.82) is 0 Å². The Kier molecular flexibility index (Phi) is 7.57. The standard InChI is InChI=1S/C20H26N4O.BrH/c1-16-5-10-23(11-6-16)12-9-20(25)22-18-3-4-19(21-15-18)24-13-7-17(2)8-14-24;/h3-6,10-11,15,17H,7-9,12-14H2,1-2H3;1H. The van der Waals surface area contributed by atoms with Crippen LogP contribution in [-0.2, 0) is 11.3 Å². The van der Waals surface area contributed by atoms with Crippen molar-refractivity contribution in [3.8, 4) is 0 Å². The number of piperidine rings is 1. The molecule has 2 aromatic rings. The molecule has 0 radical (unpaired) electrons. The van der Waals surface area contributed by atoms with E-state index in [-0.39, 0.29) is 22.9 Å². The van der Waals surface area contributed by atoms with Crippen molar-refractivity contribution in [2.45, 2.75) is 39.7 Å². The highest BCUT2D eigenvalue weighted by atomic mass is 79.9. The van der Waals surface area contributed by atoms with Crippen molar-refractivity contribution < 1.29 is 26.3 Å². The lowest BCUT2D eigenvalue weighted by atomic mass is 9.99. The van der Waals surface area contributed by atoms with E-state index in [0.717, 1.165) is 30.5 Å². The fourth-order valence-electron chi connectivity index (χ4n) is 3.02. The summed E-state index contributed by atoms with van der Waals surface area (Å²) in [5, 5.41) is 2.93. The van der Waals surface area contributed by atoms with Gasteiger partial charge in [0.1, 0.15) is 5.82 Å². The van der Waals surface area contributed by atoms with Gasteiger partial charge in [0.15, 0.2) is 18.9 Å². The minimum atomic E-state index is 0. The van der Waals surface area contributed by atoms with E-state index in [0.29, 0.717) is 13.0 Å². The second kappa shape index (κ2) is 9.67. The van der Waals surface area contributed by atoms with Crippen LogP contribution < -0.4 is 31.8 Å². The number of amides is 1. The van der Waals surface area contributed by atoms with Crippen molar-refractivity contribution in [2.24, 2.45) is 5.92 Å². The minimum absolute atomic E-state index is 0. The molecule has 1 fully saturated rings. The molecule has 1 aliphatic rings. The number of carbonyl (C=O) groups is 1. The summed E-state index contributed by atoms with van der Waals surface area (Å²) in [6, 6.07) is 8.03. The number of aromatic nitrogens is 2. The first-order chi connectivity index (χ1) is 12.1. The van der Waals surface area contributed by atoms with Crippen molar-refractivity contribution in [3.05, 3.63) is 48.4 Å². The zero-order valence-corrected chi connectivity index (χ0v) is 17.1. The molecular formula is C20H27BrN4O. The lowest BCUT2D eigenvalue weighted by Crippen LogP contribution is -3.00. The van der Waals surface area contributed by atoms with Gasteiger partial charge in [-0.05, 0) is 43.4 Å². The average molecular weight is 419 g/mol. The van der Waals surface area contributed by atoms with Crippen molar-refractivity contribution in [3.63, 3.8) is 0 Å². The monoisotopic (exact) mass is 418 g/mol. The van der Waals surface area contributed by atoms with Gasteiger partial charge in [0.25, 0.3) is 0 Å². The molecular weight excluding hydrogens is 392 g/mol. The van der Waals surface area contributed by atoms with Gasteiger partial charge in [-0.3, -0.25) is 4.79 Å².